The largest absolute Gasteiger partial charge is 0.507 e. The molecule has 4 nitrogen and oxygen atoms in total. The third kappa shape index (κ3) is 2.65. The maximum atomic E-state index is 12.2. The molecule has 0 radical (unpaired) electrons. The summed E-state index contributed by atoms with van der Waals surface area (Å²) in [5.41, 5.74) is 0.289. The fourth-order valence-electron chi connectivity index (χ4n) is 2.12. The number of hydrogen-bond donors (Lipinski definition) is 1. The maximum Gasteiger partial charge on any atom is 0.257 e. The van der Waals surface area contributed by atoms with Crippen LogP contribution < -0.4 is 0 Å². The molecule has 1 saturated heterocycles. The van der Waals surface area contributed by atoms with Crippen molar-refractivity contribution in [1.29, 1.82) is 5.26 Å². The molecule has 1 aromatic rings. The van der Waals surface area contributed by atoms with Crippen molar-refractivity contribution in [3.63, 3.8) is 0 Å². The summed E-state index contributed by atoms with van der Waals surface area (Å²) < 4.78 is 0.727. The molecule has 0 spiro atoms. The number of phenolic OH excluding ortho intramolecular Hbond substituents is 1. The molecule has 2 rings (SSSR count). The summed E-state index contributed by atoms with van der Waals surface area (Å²) in [4.78, 5) is 13.9. The maximum absolute atomic E-state index is 12.2. The highest BCUT2D eigenvalue weighted by atomic mass is 79.9. The molecule has 1 heterocycles. The van der Waals surface area contributed by atoms with Gasteiger partial charge in [-0.05, 0) is 31.0 Å². The Morgan fingerprint density at radius 2 is 2.33 bits per heavy atom. The second-order valence-corrected chi connectivity index (χ2v) is 5.30. The number of nitrogens with zero attached hydrogens (tertiary/aromatic N) is 2. The first-order valence-electron chi connectivity index (χ1n) is 5.79. The zero-order valence-electron chi connectivity index (χ0n) is 9.77. The van der Waals surface area contributed by atoms with E-state index in [1.807, 2.05) is 0 Å². The van der Waals surface area contributed by atoms with Gasteiger partial charge in [0.05, 0.1) is 17.6 Å². The van der Waals surface area contributed by atoms with E-state index in [9.17, 15) is 9.90 Å². The molecule has 1 N–H and O–H groups in total. The Kier molecular flexibility index (Phi) is 3.87. The van der Waals surface area contributed by atoms with E-state index in [0.717, 1.165) is 17.3 Å². The lowest BCUT2D eigenvalue weighted by molar-refractivity contribution is 0.0695. The molecule has 94 valence electrons. The first kappa shape index (κ1) is 12.9. The number of carbonyl (C=O) groups excluding carboxylic acids is 1. The molecule has 0 aromatic heterocycles. The van der Waals surface area contributed by atoms with E-state index in [4.69, 9.17) is 5.26 Å². The Morgan fingerprint density at radius 3 is 3.00 bits per heavy atom. The predicted octanol–water partition coefficient (Wildman–Crippen LogP) is 2.53. The number of amides is 1. The number of halogens is 1. The summed E-state index contributed by atoms with van der Waals surface area (Å²) in [5, 5.41) is 18.7. The van der Waals surface area contributed by atoms with Gasteiger partial charge in [-0.1, -0.05) is 15.9 Å². The second kappa shape index (κ2) is 5.40. The van der Waals surface area contributed by atoms with Crippen molar-refractivity contribution in [3.05, 3.63) is 28.2 Å². The average molecular weight is 309 g/mol. The number of aromatic hydroxyl groups is 1. The molecule has 1 atom stereocenters. The van der Waals surface area contributed by atoms with Crippen LogP contribution in [0.15, 0.2) is 22.7 Å². The number of carbonyl (C=O) groups is 1. The Balaban J connectivity index is 2.18. The van der Waals surface area contributed by atoms with Crippen LogP contribution in [0.4, 0.5) is 0 Å². The van der Waals surface area contributed by atoms with Crippen molar-refractivity contribution < 1.29 is 9.90 Å². The Hall–Kier alpha value is -1.54. The van der Waals surface area contributed by atoms with Gasteiger partial charge in [0.1, 0.15) is 5.75 Å². The van der Waals surface area contributed by atoms with E-state index in [2.05, 4.69) is 22.0 Å². The van der Waals surface area contributed by atoms with E-state index >= 15 is 0 Å². The van der Waals surface area contributed by atoms with Crippen molar-refractivity contribution in [2.24, 2.45) is 5.92 Å². The number of benzene rings is 1. The zero-order valence-corrected chi connectivity index (χ0v) is 11.4. The van der Waals surface area contributed by atoms with Crippen LogP contribution in [0.25, 0.3) is 0 Å². The molecular weight excluding hydrogens is 296 g/mol. The van der Waals surface area contributed by atoms with Gasteiger partial charge >= 0.3 is 0 Å². The first-order valence-corrected chi connectivity index (χ1v) is 6.58. The molecule has 1 unspecified atom stereocenters. The van der Waals surface area contributed by atoms with Gasteiger partial charge in [-0.2, -0.15) is 5.26 Å². The highest BCUT2D eigenvalue weighted by molar-refractivity contribution is 9.10. The molecule has 0 aliphatic carbocycles. The highest BCUT2D eigenvalue weighted by Gasteiger charge is 2.25. The lowest BCUT2D eigenvalue weighted by atomic mass is 9.99. The summed E-state index contributed by atoms with van der Waals surface area (Å²) >= 11 is 3.23. The van der Waals surface area contributed by atoms with Crippen LogP contribution in [-0.4, -0.2) is 29.0 Å². The third-order valence-electron chi connectivity index (χ3n) is 3.08. The minimum absolute atomic E-state index is 0.0338. The Labute approximate surface area is 114 Å². The molecule has 1 aromatic carbocycles. The van der Waals surface area contributed by atoms with Gasteiger partial charge in [-0.15, -0.1) is 0 Å². The average Bonchev–Trinajstić information content (AvgIpc) is 2.38. The van der Waals surface area contributed by atoms with Gasteiger partial charge in [0.15, 0.2) is 0 Å². The summed E-state index contributed by atoms with van der Waals surface area (Å²) in [7, 11) is 0. The SMILES string of the molecule is N#CC1CCCN(C(=O)c2ccc(Br)cc2O)C1. The minimum atomic E-state index is -0.208. The zero-order chi connectivity index (χ0) is 13.1. The van der Waals surface area contributed by atoms with Gasteiger partial charge < -0.3 is 10.0 Å². The number of nitriles is 1. The van der Waals surface area contributed by atoms with E-state index in [1.165, 1.54) is 6.07 Å². The topological polar surface area (TPSA) is 64.3 Å². The van der Waals surface area contributed by atoms with E-state index in [0.29, 0.717) is 13.1 Å². The molecule has 5 heteroatoms. The quantitative estimate of drug-likeness (QED) is 0.867. The summed E-state index contributed by atoms with van der Waals surface area (Å²) in [6.45, 7) is 1.09. The Bertz CT molecular complexity index is 510. The Morgan fingerprint density at radius 1 is 1.56 bits per heavy atom. The van der Waals surface area contributed by atoms with Crippen LogP contribution in [0.2, 0.25) is 0 Å². The molecular formula is C13H13BrN2O2. The van der Waals surface area contributed by atoms with Crippen LogP contribution in [0.3, 0.4) is 0 Å². The smallest absolute Gasteiger partial charge is 0.257 e. The van der Waals surface area contributed by atoms with Crippen molar-refractivity contribution in [2.45, 2.75) is 12.8 Å². The molecule has 1 aliphatic rings. The van der Waals surface area contributed by atoms with Gasteiger partial charge in [0.2, 0.25) is 0 Å². The van der Waals surface area contributed by atoms with Crippen LogP contribution in [0.5, 0.6) is 5.75 Å². The third-order valence-corrected chi connectivity index (χ3v) is 3.57. The summed E-state index contributed by atoms with van der Waals surface area (Å²) in [5.74, 6) is -0.339. The van der Waals surface area contributed by atoms with Gasteiger partial charge in [-0.25, -0.2) is 0 Å². The number of likely N-dealkylation sites (tertiary alicyclic amines) is 1. The van der Waals surface area contributed by atoms with E-state index < -0.39 is 0 Å². The van der Waals surface area contributed by atoms with Crippen LogP contribution in [0, 0.1) is 17.2 Å². The number of piperidine rings is 1. The fraction of sp³-hybridized carbons (Fsp3) is 0.385. The minimum Gasteiger partial charge on any atom is -0.507 e. The van der Waals surface area contributed by atoms with Crippen LogP contribution in [0.1, 0.15) is 23.2 Å². The highest BCUT2D eigenvalue weighted by Crippen LogP contribution is 2.25. The molecule has 1 amide bonds. The van der Waals surface area contributed by atoms with Crippen LogP contribution >= 0.6 is 15.9 Å². The van der Waals surface area contributed by atoms with Crippen molar-refractivity contribution in [2.75, 3.05) is 13.1 Å². The molecule has 0 bridgehead atoms. The molecule has 1 aliphatic heterocycles. The fourth-order valence-corrected chi connectivity index (χ4v) is 2.47. The van der Waals surface area contributed by atoms with Crippen molar-refractivity contribution >= 4 is 21.8 Å². The number of rotatable bonds is 1. The van der Waals surface area contributed by atoms with Crippen molar-refractivity contribution in [3.8, 4) is 11.8 Å². The van der Waals surface area contributed by atoms with E-state index in [-0.39, 0.29) is 23.1 Å². The van der Waals surface area contributed by atoms with Gasteiger partial charge in [0, 0.05) is 17.6 Å². The van der Waals surface area contributed by atoms with Crippen LogP contribution in [-0.2, 0) is 0 Å². The van der Waals surface area contributed by atoms with E-state index in [1.54, 1.807) is 17.0 Å². The molecule has 0 saturated carbocycles. The lowest BCUT2D eigenvalue weighted by Crippen LogP contribution is -2.39. The lowest BCUT2D eigenvalue weighted by Gasteiger charge is -2.29. The molecule has 1 fully saturated rings. The summed E-state index contributed by atoms with van der Waals surface area (Å²) in [6, 6.07) is 7.01. The van der Waals surface area contributed by atoms with Crippen molar-refractivity contribution in [1.82, 2.24) is 4.90 Å². The predicted molar refractivity (Wildman–Crippen MR) is 70.0 cm³/mol. The monoisotopic (exact) mass is 308 g/mol. The number of hydrogen-bond acceptors (Lipinski definition) is 3. The second-order valence-electron chi connectivity index (χ2n) is 4.38. The number of phenols is 1. The molecule has 18 heavy (non-hydrogen) atoms. The summed E-state index contributed by atoms with van der Waals surface area (Å²) in [6.07, 6.45) is 1.67. The first-order chi connectivity index (χ1) is 8.61. The van der Waals surface area contributed by atoms with Gasteiger partial charge in [0.25, 0.3) is 5.91 Å². The standard InChI is InChI=1S/C13H13BrN2O2/c14-10-3-4-11(12(17)6-10)13(18)16-5-1-2-9(7-15)8-16/h3-4,6,9,17H,1-2,5,8H2. The normalized spacial score (nSPS) is 19.3. The van der Waals surface area contributed by atoms with Gasteiger partial charge in [-0.3, -0.25) is 4.79 Å².